The number of fused-ring (bicyclic) bond motifs is 5. The van der Waals surface area contributed by atoms with Gasteiger partial charge in [-0.2, -0.15) is 0 Å². The Labute approximate surface area is 299 Å². The topological polar surface area (TPSA) is 166 Å². The molecule has 14 unspecified atom stereocenters. The largest absolute Gasteiger partial charge is 0.493 e. The summed E-state index contributed by atoms with van der Waals surface area (Å²) in [5, 5.41) is 38.7. The number of Topliss-reactive ketones (excluding diaryl/α,β-unsaturated/α-hetero) is 1. The van der Waals surface area contributed by atoms with Gasteiger partial charge in [0.1, 0.15) is 29.5 Å². The van der Waals surface area contributed by atoms with E-state index in [1.807, 2.05) is 20.8 Å². The lowest BCUT2D eigenvalue weighted by Crippen LogP contribution is -2.86. The lowest BCUT2D eigenvalue weighted by atomic mass is 9.33. The Morgan fingerprint density at radius 3 is 2.22 bits per heavy atom. The monoisotopic (exact) mass is 708 g/mol. The molecule has 2 spiro atoms. The third-order valence-corrected chi connectivity index (χ3v) is 15.4. The van der Waals surface area contributed by atoms with Crippen molar-refractivity contribution >= 4 is 23.7 Å². The molecular weight excluding hydrogens is 656 g/mol. The SMILES string of the molecule is COC1=C(C)C2(C)CC(O)C3C(C)(CC(C)C34C(C)(O)C(O)C(OC(=O)c3ccccc3)C3(C)C(OC(C)=O)CC5(C)CC34OC5=O)C2CC1=O. The van der Waals surface area contributed by atoms with Crippen molar-refractivity contribution < 1.29 is 53.4 Å². The van der Waals surface area contributed by atoms with Crippen molar-refractivity contribution in [1.82, 2.24) is 0 Å². The Balaban J connectivity index is 1.50. The maximum Gasteiger partial charge on any atom is 0.338 e. The van der Waals surface area contributed by atoms with Gasteiger partial charge in [-0.1, -0.05) is 39.0 Å². The maximum absolute atomic E-state index is 14.3. The summed E-state index contributed by atoms with van der Waals surface area (Å²) in [6.45, 7) is 14.2. The van der Waals surface area contributed by atoms with E-state index in [1.54, 1.807) is 44.2 Å². The summed E-state index contributed by atoms with van der Waals surface area (Å²) in [5.41, 5.74) is -8.70. The second kappa shape index (κ2) is 10.9. The van der Waals surface area contributed by atoms with Crippen LogP contribution in [0, 0.1) is 44.8 Å². The van der Waals surface area contributed by atoms with E-state index in [0.717, 1.165) is 5.57 Å². The van der Waals surface area contributed by atoms with Gasteiger partial charge in [-0.3, -0.25) is 14.4 Å². The van der Waals surface area contributed by atoms with Crippen molar-refractivity contribution in [2.24, 2.45) is 44.8 Å². The Morgan fingerprint density at radius 2 is 1.61 bits per heavy atom. The zero-order valence-electron chi connectivity index (χ0n) is 31.1. The minimum Gasteiger partial charge on any atom is -0.493 e. The van der Waals surface area contributed by atoms with Gasteiger partial charge in [0.15, 0.2) is 11.5 Å². The fraction of sp³-hybridized carbons (Fsp3) is 0.700. The van der Waals surface area contributed by atoms with Crippen LogP contribution in [0.1, 0.15) is 97.9 Å². The zero-order valence-corrected chi connectivity index (χ0v) is 31.1. The first-order valence-corrected chi connectivity index (χ1v) is 18.2. The summed E-state index contributed by atoms with van der Waals surface area (Å²) in [6.07, 6.45) is -4.58. The second-order valence-electron chi connectivity index (χ2n) is 17.8. The quantitative estimate of drug-likeness (QED) is 0.302. The minimum absolute atomic E-state index is 0.0336. The highest BCUT2D eigenvalue weighted by Crippen LogP contribution is 2.83. The molecule has 0 aromatic heterocycles. The van der Waals surface area contributed by atoms with Crippen LogP contribution in [0.4, 0.5) is 0 Å². The number of ether oxygens (including phenoxy) is 4. The molecule has 1 heterocycles. The van der Waals surface area contributed by atoms with E-state index >= 15 is 0 Å². The molecule has 1 aromatic rings. The van der Waals surface area contributed by atoms with Gasteiger partial charge in [-0.15, -0.1) is 0 Å². The molecule has 0 radical (unpaired) electrons. The van der Waals surface area contributed by atoms with E-state index in [2.05, 4.69) is 6.92 Å². The number of aliphatic hydroxyl groups excluding tert-OH is 2. The fourth-order valence-corrected chi connectivity index (χ4v) is 13.6. The molecule has 1 aromatic carbocycles. The minimum atomic E-state index is -2.14. The van der Waals surface area contributed by atoms with Crippen molar-refractivity contribution in [2.75, 3.05) is 7.11 Å². The summed E-state index contributed by atoms with van der Waals surface area (Å²) in [6, 6.07) is 8.25. The van der Waals surface area contributed by atoms with Crippen LogP contribution in [0.3, 0.4) is 0 Å². The standard InChI is InChI=1S/C40H52O11/c1-20-16-36(6)26-15-24(42)28(48-9)21(2)35(26,5)17-25(43)29(36)40(20)38(8,47)30(44)31(50-32(45)23-13-11-10-12-14-23)37(7)27(49-22(3)41)18-34(4)19-39(37,40)51-33(34)46/h10-14,20,25-27,29-31,43-44,47H,15-19H2,1-9H3. The average Bonchev–Trinajstić information content (AvgIpc) is 3.45. The van der Waals surface area contributed by atoms with Crippen molar-refractivity contribution in [2.45, 2.75) is 123 Å². The number of esters is 3. The van der Waals surface area contributed by atoms with Crippen LogP contribution in [-0.2, 0) is 33.3 Å². The summed E-state index contributed by atoms with van der Waals surface area (Å²) in [4.78, 5) is 54.7. The van der Waals surface area contributed by atoms with Gasteiger partial charge < -0.3 is 34.3 Å². The van der Waals surface area contributed by atoms with Crippen LogP contribution >= 0.6 is 0 Å². The Hall–Kier alpha value is -3.28. The number of methoxy groups -OCH3 is 1. The third-order valence-electron chi connectivity index (χ3n) is 15.4. The number of carbonyl (C=O) groups is 4. The van der Waals surface area contributed by atoms with Crippen molar-refractivity contribution in [3.05, 3.63) is 47.2 Å². The molecule has 7 rings (SSSR count). The van der Waals surface area contributed by atoms with Crippen molar-refractivity contribution in [3.8, 4) is 0 Å². The fourth-order valence-electron chi connectivity index (χ4n) is 13.6. The molecule has 5 aliphatic carbocycles. The van der Waals surface area contributed by atoms with Crippen molar-refractivity contribution in [3.63, 3.8) is 0 Å². The molecule has 1 saturated heterocycles. The summed E-state index contributed by atoms with van der Waals surface area (Å²) in [5.74, 6) is -3.41. The summed E-state index contributed by atoms with van der Waals surface area (Å²) < 4.78 is 24.7. The second-order valence-corrected chi connectivity index (χ2v) is 17.8. The predicted octanol–water partition coefficient (Wildman–Crippen LogP) is 4.30. The first kappa shape index (κ1) is 36.1. The van der Waals surface area contributed by atoms with E-state index in [0.29, 0.717) is 12.2 Å². The Kier molecular flexibility index (Phi) is 7.70. The normalized spacial score (nSPS) is 49.8. The number of aliphatic hydroxyl groups is 3. The van der Waals surface area contributed by atoms with Gasteiger partial charge in [0, 0.05) is 32.1 Å². The van der Waals surface area contributed by atoms with E-state index in [-0.39, 0.29) is 42.9 Å². The molecule has 14 atom stereocenters. The molecule has 1 aliphatic heterocycles. The molecule has 6 aliphatic rings. The van der Waals surface area contributed by atoms with Gasteiger partial charge in [-0.25, -0.2) is 4.79 Å². The predicted molar refractivity (Wildman–Crippen MR) is 181 cm³/mol. The summed E-state index contributed by atoms with van der Waals surface area (Å²) >= 11 is 0. The average molecular weight is 709 g/mol. The third kappa shape index (κ3) is 4.06. The van der Waals surface area contributed by atoms with Crippen LogP contribution in [0.15, 0.2) is 41.7 Å². The first-order chi connectivity index (χ1) is 23.6. The lowest BCUT2D eigenvalue weighted by molar-refractivity contribution is -0.381. The molecule has 11 heteroatoms. The zero-order chi connectivity index (χ0) is 37.5. The van der Waals surface area contributed by atoms with Gasteiger partial charge >= 0.3 is 17.9 Å². The molecule has 3 N–H and O–H groups in total. The highest BCUT2D eigenvalue weighted by atomic mass is 16.6. The van der Waals surface area contributed by atoms with Crippen LogP contribution in [0.5, 0.6) is 0 Å². The molecule has 278 valence electrons. The number of rotatable bonds is 4. The van der Waals surface area contributed by atoms with E-state index in [9.17, 15) is 34.5 Å². The van der Waals surface area contributed by atoms with E-state index < -0.39 is 92.4 Å². The maximum atomic E-state index is 14.3. The van der Waals surface area contributed by atoms with Gasteiger partial charge in [0.25, 0.3) is 0 Å². The van der Waals surface area contributed by atoms with Crippen LogP contribution < -0.4 is 0 Å². The van der Waals surface area contributed by atoms with Gasteiger partial charge in [0.05, 0.1) is 35.0 Å². The highest BCUT2D eigenvalue weighted by molar-refractivity contribution is 5.96. The van der Waals surface area contributed by atoms with Gasteiger partial charge in [0.2, 0.25) is 0 Å². The highest BCUT2D eigenvalue weighted by Gasteiger charge is 2.92. The van der Waals surface area contributed by atoms with E-state index in [4.69, 9.17) is 18.9 Å². The summed E-state index contributed by atoms with van der Waals surface area (Å²) in [7, 11) is 1.48. The van der Waals surface area contributed by atoms with Crippen LogP contribution in [-0.4, -0.2) is 81.7 Å². The van der Waals surface area contributed by atoms with Gasteiger partial charge in [-0.05, 0) is 80.9 Å². The Bertz CT molecular complexity index is 1740. The number of carbonyl (C=O) groups excluding carboxylic acids is 4. The smallest absolute Gasteiger partial charge is 0.338 e. The molecule has 51 heavy (non-hydrogen) atoms. The number of hydrogen-bond donors (Lipinski definition) is 3. The Morgan fingerprint density at radius 1 is 0.961 bits per heavy atom. The molecule has 2 bridgehead atoms. The number of allylic oxidation sites excluding steroid dienone is 2. The molecule has 0 amide bonds. The molecule has 4 saturated carbocycles. The molecule has 5 fully saturated rings. The van der Waals surface area contributed by atoms with Crippen molar-refractivity contribution in [1.29, 1.82) is 0 Å². The van der Waals surface area contributed by atoms with Crippen LogP contribution in [0.25, 0.3) is 0 Å². The number of ketones is 1. The number of hydrogen-bond acceptors (Lipinski definition) is 11. The number of benzene rings is 1. The van der Waals surface area contributed by atoms with Crippen LogP contribution in [0.2, 0.25) is 0 Å². The van der Waals surface area contributed by atoms with E-state index in [1.165, 1.54) is 21.0 Å². The molecule has 11 nitrogen and oxygen atoms in total. The first-order valence-electron chi connectivity index (χ1n) is 18.2. The lowest BCUT2D eigenvalue weighted by Gasteiger charge is -2.73. The molecular formula is C40H52O11.